The van der Waals surface area contributed by atoms with E-state index in [0.29, 0.717) is 0 Å². The van der Waals surface area contributed by atoms with Gasteiger partial charge in [-0.15, -0.1) is 11.3 Å². The Balaban J connectivity index is 1.61. The van der Waals surface area contributed by atoms with Gasteiger partial charge in [0.1, 0.15) is 6.29 Å². The number of carbonyl (C=O) groups is 1. The smallest absolute Gasteiger partial charge is 0.150 e. The number of benzene rings is 1. The van der Waals surface area contributed by atoms with Gasteiger partial charge in [-0.05, 0) is 30.9 Å². The monoisotopic (exact) mass is 271 g/mol. The third-order valence-corrected chi connectivity index (χ3v) is 4.73. The average Bonchev–Trinajstić information content (AvgIpc) is 2.83. The second-order valence-corrected chi connectivity index (χ2v) is 6.10. The number of carbonyl (C=O) groups excluding carboxylic acids is 1. The van der Waals surface area contributed by atoms with Crippen LogP contribution in [-0.4, -0.2) is 11.3 Å². The first-order valence-corrected chi connectivity index (χ1v) is 7.71. The first kappa shape index (κ1) is 12.5. The Hall–Kier alpha value is -1.48. The van der Waals surface area contributed by atoms with Gasteiger partial charge in [-0.25, -0.2) is 4.98 Å². The van der Waals surface area contributed by atoms with E-state index in [2.05, 4.69) is 11.4 Å². The van der Waals surface area contributed by atoms with Gasteiger partial charge in [-0.3, -0.25) is 4.79 Å². The number of rotatable bonds is 5. The van der Waals surface area contributed by atoms with Crippen LogP contribution in [0.25, 0.3) is 0 Å². The van der Waals surface area contributed by atoms with Crippen LogP contribution < -0.4 is 0 Å². The van der Waals surface area contributed by atoms with Gasteiger partial charge in [-0.2, -0.15) is 0 Å². The molecular weight excluding hydrogens is 254 g/mol. The van der Waals surface area contributed by atoms with Gasteiger partial charge < -0.3 is 0 Å². The van der Waals surface area contributed by atoms with Crippen molar-refractivity contribution in [1.82, 2.24) is 4.98 Å². The molecule has 0 spiro atoms. The van der Waals surface area contributed by atoms with E-state index in [-0.39, 0.29) is 0 Å². The zero-order chi connectivity index (χ0) is 13.1. The van der Waals surface area contributed by atoms with E-state index in [1.807, 2.05) is 18.2 Å². The molecule has 0 N–H and O–H groups in total. The molecule has 1 fully saturated rings. The van der Waals surface area contributed by atoms with Crippen molar-refractivity contribution in [2.45, 2.75) is 38.0 Å². The molecular formula is C16H17NOS. The number of hydrogen-bond donors (Lipinski definition) is 0. The minimum atomic E-state index is 0.725. The highest BCUT2D eigenvalue weighted by Crippen LogP contribution is 2.36. The van der Waals surface area contributed by atoms with Crippen molar-refractivity contribution in [2.75, 3.05) is 0 Å². The van der Waals surface area contributed by atoms with Crippen molar-refractivity contribution in [3.8, 4) is 0 Å². The number of hydrogen-bond acceptors (Lipinski definition) is 3. The van der Waals surface area contributed by atoms with Crippen molar-refractivity contribution in [3.05, 3.63) is 51.5 Å². The second kappa shape index (κ2) is 5.66. The van der Waals surface area contributed by atoms with E-state index in [9.17, 15) is 4.79 Å². The van der Waals surface area contributed by atoms with Gasteiger partial charge in [0.2, 0.25) is 0 Å². The van der Waals surface area contributed by atoms with Gasteiger partial charge in [0.05, 0.1) is 10.7 Å². The molecule has 2 nitrogen and oxygen atoms in total. The first-order valence-electron chi connectivity index (χ1n) is 6.83. The summed E-state index contributed by atoms with van der Waals surface area (Å²) in [5.41, 5.74) is 3.27. The molecule has 1 aliphatic rings. The van der Waals surface area contributed by atoms with Gasteiger partial charge >= 0.3 is 0 Å². The largest absolute Gasteiger partial charge is 0.298 e. The lowest BCUT2D eigenvalue weighted by Gasteiger charge is -2.22. The highest BCUT2D eigenvalue weighted by molar-refractivity contribution is 7.09. The Labute approximate surface area is 117 Å². The Morgan fingerprint density at radius 2 is 2.21 bits per heavy atom. The van der Waals surface area contributed by atoms with E-state index >= 15 is 0 Å². The van der Waals surface area contributed by atoms with Crippen LogP contribution in [0.1, 0.15) is 51.8 Å². The molecule has 0 saturated heterocycles. The van der Waals surface area contributed by atoms with Crippen molar-refractivity contribution < 1.29 is 4.79 Å². The first-order chi connectivity index (χ1) is 9.35. The minimum Gasteiger partial charge on any atom is -0.298 e. The fourth-order valence-corrected chi connectivity index (χ4v) is 3.28. The molecule has 1 heterocycles. The summed E-state index contributed by atoms with van der Waals surface area (Å²) in [5, 5.41) is 3.44. The third-order valence-electron chi connectivity index (χ3n) is 3.81. The lowest BCUT2D eigenvalue weighted by Crippen LogP contribution is -2.09. The van der Waals surface area contributed by atoms with Crippen LogP contribution in [0, 0.1) is 0 Å². The summed E-state index contributed by atoms with van der Waals surface area (Å²) in [4.78, 5) is 15.5. The zero-order valence-electron chi connectivity index (χ0n) is 10.8. The van der Waals surface area contributed by atoms with Gasteiger partial charge in [0, 0.05) is 23.3 Å². The number of aromatic nitrogens is 1. The lowest BCUT2D eigenvalue weighted by atomic mass is 9.83. The summed E-state index contributed by atoms with van der Waals surface area (Å²) in [6.45, 7) is 0. The topological polar surface area (TPSA) is 30.0 Å². The Morgan fingerprint density at radius 3 is 2.95 bits per heavy atom. The van der Waals surface area contributed by atoms with Gasteiger partial charge in [-0.1, -0.05) is 24.6 Å². The SMILES string of the molecule is O=Cc1cccc(CCc2nc(C3CCC3)cs2)c1. The lowest BCUT2D eigenvalue weighted by molar-refractivity contribution is 0.112. The Morgan fingerprint density at radius 1 is 1.32 bits per heavy atom. The fraction of sp³-hybridized carbons (Fsp3) is 0.375. The van der Waals surface area contributed by atoms with Crippen LogP contribution in [0.5, 0.6) is 0 Å². The maximum absolute atomic E-state index is 10.7. The van der Waals surface area contributed by atoms with Crippen molar-refractivity contribution >= 4 is 17.6 Å². The molecule has 0 amide bonds. The van der Waals surface area contributed by atoms with Crippen LogP contribution >= 0.6 is 11.3 Å². The van der Waals surface area contributed by atoms with E-state index in [4.69, 9.17) is 4.98 Å². The number of aldehydes is 1. The summed E-state index contributed by atoms with van der Waals surface area (Å²) < 4.78 is 0. The van der Waals surface area contributed by atoms with Crippen LogP contribution in [0.3, 0.4) is 0 Å². The van der Waals surface area contributed by atoms with E-state index in [1.165, 1.54) is 35.5 Å². The van der Waals surface area contributed by atoms with Gasteiger partial charge in [0.15, 0.2) is 0 Å². The molecule has 1 aromatic heterocycles. The third kappa shape index (κ3) is 2.92. The van der Waals surface area contributed by atoms with E-state index in [1.54, 1.807) is 11.3 Å². The maximum Gasteiger partial charge on any atom is 0.150 e. The standard InChI is InChI=1S/C16H17NOS/c18-10-13-4-1-3-12(9-13)7-8-16-17-15(11-19-16)14-5-2-6-14/h1,3-4,9-11,14H,2,5-8H2. The quantitative estimate of drug-likeness (QED) is 0.769. The molecule has 1 aliphatic carbocycles. The van der Waals surface area contributed by atoms with Gasteiger partial charge in [0.25, 0.3) is 0 Å². The van der Waals surface area contributed by atoms with Crippen molar-refractivity contribution in [2.24, 2.45) is 0 Å². The van der Waals surface area contributed by atoms with E-state index in [0.717, 1.165) is 30.6 Å². The molecule has 3 rings (SSSR count). The normalized spacial score (nSPS) is 15.2. The zero-order valence-corrected chi connectivity index (χ0v) is 11.7. The summed E-state index contributed by atoms with van der Waals surface area (Å²) in [7, 11) is 0. The molecule has 2 aromatic rings. The van der Waals surface area contributed by atoms with Crippen molar-refractivity contribution in [3.63, 3.8) is 0 Å². The molecule has 0 aliphatic heterocycles. The molecule has 0 unspecified atom stereocenters. The minimum absolute atomic E-state index is 0.725. The predicted octanol–water partition coefficient (Wildman–Crippen LogP) is 4.01. The summed E-state index contributed by atoms with van der Waals surface area (Å²) >= 11 is 1.78. The van der Waals surface area contributed by atoms with Crippen molar-refractivity contribution in [1.29, 1.82) is 0 Å². The molecule has 19 heavy (non-hydrogen) atoms. The molecule has 0 radical (unpaired) electrons. The molecule has 3 heteroatoms. The van der Waals surface area contributed by atoms with Crippen LogP contribution in [-0.2, 0) is 12.8 Å². The summed E-state index contributed by atoms with van der Waals surface area (Å²) in [6, 6.07) is 7.83. The number of aryl methyl sites for hydroxylation is 2. The highest BCUT2D eigenvalue weighted by atomic mass is 32.1. The molecule has 0 atom stereocenters. The Kier molecular flexibility index (Phi) is 3.74. The van der Waals surface area contributed by atoms with Crippen LogP contribution in [0.2, 0.25) is 0 Å². The highest BCUT2D eigenvalue weighted by Gasteiger charge is 2.21. The molecule has 1 saturated carbocycles. The van der Waals surface area contributed by atoms with Crippen LogP contribution in [0.4, 0.5) is 0 Å². The second-order valence-electron chi connectivity index (χ2n) is 5.16. The predicted molar refractivity (Wildman–Crippen MR) is 77.9 cm³/mol. The number of nitrogens with zero attached hydrogens (tertiary/aromatic N) is 1. The molecule has 0 bridgehead atoms. The summed E-state index contributed by atoms with van der Waals surface area (Å²) in [6.07, 6.45) is 6.81. The molecule has 98 valence electrons. The maximum atomic E-state index is 10.7. The average molecular weight is 271 g/mol. The Bertz CT molecular complexity index is 572. The van der Waals surface area contributed by atoms with E-state index < -0.39 is 0 Å². The molecule has 1 aromatic carbocycles. The summed E-state index contributed by atoms with van der Waals surface area (Å²) in [5.74, 6) is 0.725. The number of thiazole rings is 1. The fourth-order valence-electron chi connectivity index (χ4n) is 2.40. The van der Waals surface area contributed by atoms with Crippen LogP contribution in [0.15, 0.2) is 29.6 Å².